The Morgan fingerprint density at radius 3 is 2.12 bits per heavy atom. The molecule has 0 radical (unpaired) electrons. The first kappa shape index (κ1) is 16.3. The fraction of sp³-hybridized carbons (Fsp3) is 0.462. The standard InChI is InChI=1S/C13H18O2.K.H/c1-9(2)8-11-4-6-12(7-5-11)10(3)13(14)15;;/h4-7,9-10H,8H2,1-3H3,(H,14,15);;/q;+1;-1. The van der Waals surface area contributed by atoms with Crippen LogP contribution in [0.1, 0.15) is 39.2 Å². The van der Waals surface area contributed by atoms with Gasteiger partial charge in [0.1, 0.15) is 0 Å². The van der Waals surface area contributed by atoms with Crippen molar-refractivity contribution in [3.63, 3.8) is 0 Å². The third-order valence-electron chi connectivity index (χ3n) is 2.49. The summed E-state index contributed by atoms with van der Waals surface area (Å²) in [7, 11) is 0. The van der Waals surface area contributed by atoms with E-state index in [0.717, 1.165) is 12.0 Å². The predicted octanol–water partition coefficient (Wildman–Crippen LogP) is 0.190. The quantitative estimate of drug-likeness (QED) is 0.770. The molecule has 0 fully saturated rings. The Balaban J connectivity index is 0. The van der Waals surface area contributed by atoms with Gasteiger partial charge in [0.15, 0.2) is 0 Å². The molecule has 2 nitrogen and oxygen atoms in total. The molecule has 84 valence electrons. The maximum absolute atomic E-state index is 10.8. The van der Waals surface area contributed by atoms with Crippen molar-refractivity contribution in [3.8, 4) is 0 Å². The van der Waals surface area contributed by atoms with E-state index in [2.05, 4.69) is 13.8 Å². The smallest absolute Gasteiger partial charge is 1.00 e. The van der Waals surface area contributed by atoms with Crippen LogP contribution in [0.3, 0.4) is 0 Å². The number of hydrogen-bond donors (Lipinski definition) is 1. The molecule has 0 spiro atoms. The van der Waals surface area contributed by atoms with Crippen molar-refractivity contribution in [2.24, 2.45) is 5.92 Å². The largest absolute Gasteiger partial charge is 1.00 e. The zero-order valence-electron chi connectivity index (χ0n) is 11.5. The Bertz CT molecular complexity index is 336. The second-order valence-electron chi connectivity index (χ2n) is 4.40. The van der Waals surface area contributed by atoms with Gasteiger partial charge in [0.25, 0.3) is 0 Å². The van der Waals surface area contributed by atoms with Crippen LogP contribution in [-0.2, 0) is 11.2 Å². The van der Waals surface area contributed by atoms with Crippen LogP contribution < -0.4 is 51.4 Å². The first-order valence-electron chi connectivity index (χ1n) is 5.32. The summed E-state index contributed by atoms with van der Waals surface area (Å²) < 4.78 is 0. The van der Waals surface area contributed by atoms with E-state index in [9.17, 15) is 4.79 Å². The van der Waals surface area contributed by atoms with Gasteiger partial charge >= 0.3 is 57.4 Å². The molecule has 1 rings (SSSR count). The van der Waals surface area contributed by atoms with Gasteiger partial charge in [-0.15, -0.1) is 0 Å². The summed E-state index contributed by atoms with van der Waals surface area (Å²) in [6.07, 6.45) is 1.04. The van der Waals surface area contributed by atoms with Crippen LogP contribution >= 0.6 is 0 Å². The molecule has 1 unspecified atom stereocenters. The van der Waals surface area contributed by atoms with Crippen molar-refractivity contribution in [1.29, 1.82) is 0 Å². The normalized spacial score (nSPS) is 12.0. The van der Waals surface area contributed by atoms with Crippen molar-refractivity contribution in [2.75, 3.05) is 0 Å². The Hall–Kier alpha value is 0.326. The van der Waals surface area contributed by atoms with Crippen LogP contribution in [0.2, 0.25) is 0 Å². The van der Waals surface area contributed by atoms with E-state index < -0.39 is 11.9 Å². The minimum atomic E-state index is -0.772. The van der Waals surface area contributed by atoms with Gasteiger partial charge in [-0.2, -0.15) is 0 Å². The molecule has 0 aromatic heterocycles. The third-order valence-corrected chi connectivity index (χ3v) is 2.49. The maximum atomic E-state index is 10.8. The zero-order chi connectivity index (χ0) is 11.4. The maximum Gasteiger partial charge on any atom is 1.00 e. The molecule has 0 heterocycles. The summed E-state index contributed by atoms with van der Waals surface area (Å²) in [6.45, 7) is 6.06. The number of hydrogen-bond acceptors (Lipinski definition) is 1. The topological polar surface area (TPSA) is 37.3 Å². The molecule has 0 saturated carbocycles. The van der Waals surface area contributed by atoms with E-state index in [1.807, 2.05) is 24.3 Å². The van der Waals surface area contributed by atoms with Crippen molar-refractivity contribution in [2.45, 2.75) is 33.1 Å². The minimum Gasteiger partial charge on any atom is -1.00 e. The zero-order valence-corrected chi connectivity index (χ0v) is 13.6. The first-order chi connectivity index (χ1) is 7.00. The van der Waals surface area contributed by atoms with Gasteiger partial charge in [-0.3, -0.25) is 4.79 Å². The molecule has 16 heavy (non-hydrogen) atoms. The summed E-state index contributed by atoms with van der Waals surface area (Å²) in [5.74, 6) is -0.558. The van der Waals surface area contributed by atoms with Crippen molar-refractivity contribution in [1.82, 2.24) is 0 Å². The second kappa shape index (κ2) is 7.61. The molecule has 0 bridgehead atoms. The number of benzene rings is 1. The fourth-order valence-electron chi connectivity index (χ4n) is 1.56. The van der Waals surface area contributed by atoms with E-state index in [-0.39, 0.29) is 52.8 Å². The molecule has 0 amide bonds. The van der Waals surface area contributed by atoms with E-state index in [0.29, 0.717) is 5.92 Å². The van der Waals surface area contributed by atoms with Crippen LogP contribution in [0.25, 0.3) is 0 Å². The SMILES string of the molecule is CC(C)Cc1ccc(C(C)C(=O)O)cc1.[H-].[K+]. The average molecular weight is 246 g/mol. The van der Waals surface area contributed by atoms with Crippen molar-refractivity contribution in [3.05, 3.63) is 35.4 Å². The average Bonchev–Trinajstić information content (AvgIpc) is 2.17. The number of aliphatic carboxylic acids is 1. The first-order valence-corrected chi connectivity index (χ1v) is 5.32. The molecule has 3 heteroatoms. The third kappa shape index (κ3) is 5.10. The Morgan fingerprint density at radius 1 is 1.25 bits per heavy atom. The second-order valence-corrected chi connectivity index (χ2v) is 4.40. The van der Waals surface area contributed by atoms with Gasteiger partial charge in [0, 0.05) is 0 Å². The Morgan fingerprint density at radius 2 is 1.75 bits per heavy atom. The van der Waals surface area contributed by atoms with E-state index in [1.54, 1.807) is 6.92 Å². The molecule has 0 aliphatic carbocycles. The van der Waals surface area contributed by atoms with Crippen LogP contribution in [-0.4, -0.2) is 11.1 Å². The van der Waals surface area contributed by atoms with Crippen LogP contribution in [0, 0.1) is 5.92 Å². The number of rotatable bonds is 4. The molecule has 0 aliphatic heterocycles. The van der Waals surface area contributed by atoms with Crippen LogP contribution in [0.15, 0.2) is 24.3 Å². The molecule has 1 N–H and O–H groups in total. The van der Waals surface area contributed by atoms with Crippen molar-refractivity contribution < 1.29 is 62.7 Å². The fourth-order valence-corrected chi connectivity index (χ4v) is 1.56. The number of carboxylic acids is 1. The van der Waals surface area contributed by atoms with Crippen molar-refractivity contribution >= 4 is 5.97 Å². The Labute approximate surface area is 141 Å². The summed E-state index contributed by atoms with van der Waals surface area (Å²) in [5, 5.41) is 8.85. The van der Waals surface area contributed by atoms with E-state index in [1.165, 1.54) is 5.56 Å². The van der Waals surface area contributed by atoms with Gasteiger partial charge in [-0.1, -0.05) is 38.1 Å². The van der Waals surface area contributed by atoms with Gasteiger partial charge in [0.2, 0.25) is 0 Å². The molecule has 0 aliphatic rings. The number of carboxylic acid groups (broad SMARTS) is 1. The molecular formula is C13H19KO2. The van der Waals surface area contributed by atoms with Gasteiger partial charge in [-0.05, 0) is 30.4 Å². The number of carbonyl (C=O) groups is 1. The van der Waals surface area contributed by atoms with Crippen LogP contribution in [0.5, 0.6) is 0 Å². The molecule has 1 aromatic rings. The summed E-state index contributed by atoms with van der Waals surface area (Å²) in [5.41, 5.74) is 2.14. The molecule has 1 aromatic carbocycles. The monoisotopic (exact) mass is 246 g/mol. The molecule has 1 atom stereocenters. The van der Waals surface area contributed by atoms with E-state index in [4.69, 9.17) is 5.11 Å². The Kier molecular flexibility index (Phi) is 7.77. The molecular weight excluding hydrogens is 227 g/mol. The van der Waals surface area contributed by atoms with Gasteiger partial charge in [-0.25, -0.2) is 0 Å². The minimum absolute atomic E-state index is 0. The summed E-state index contributed by atoms with van der Waals surface area (Å²) >= 11 is 0. The summed E-state index contributed by atoms with van der Waals surface area (Å²) in [4.78, 5) is 10.8. The van der Waals surface area contributed by atoms with Gasteiger partial charge < -0.3 is 6.53 Å². The molecule has 0 saturated heterocycles. The van der Waals surface area contributed by atoms with Crippen LogP contribution in [0.4, 0.5) is 0 Å². The van der Waals surface area contributed by atoms with E-state index >= 15 is 0 Å². The predicted molar refractivity (Wildman–Crippen MR) is 62.1 cm³/mol. The van der Waals surface area contributed by atoms with Gasteiger partial charge in [0.05, 0.1) is 5.92 Å². The summed E-state index contributed by atoms with van der Waals surface area (Å²) in [6, 6.07) is 7.87.